The van der Waals surface area contributed by atoms with Crippen molar-refractivity contribution >= 4 is 16.7 Å². The zero-order valence-corrected chi connectivity index (χ0v) is 20.6. The zero-order chi connectivity index (χ0) is 25.1. The third kappa shape index (κ3) is 5.21. The standard InChI is InChI=1S/C31H31NO4/c1-20-14-23(16-24(15-20)35-19-31(33)34)29-17-25(36-30-13-6-5-11-28(29)30)18-32-21(2)26-12-7-9-22-8-3-4-10-27(22)26/h3-16,21,25,29,32H,17-19H2,1-2H3,(H,33,34)/t21-,25-,29+/m1/s1. The van der Waals surface area contributed by atoms with E-state index in [1.54, 1.807) is 0 Å². The van der Waals surface area contributed by atoms with Gasteiger partial charge < -0.3 is 19.9 Å². The Balaban J connectivity index is 1.37. The quantitative estimate of drug-likeness (QED) is 0.312. The molecule has 0 unspecified atom stereocenters. The average molecular weight is 482 g/mol. The fourth-order valence-electron chi connectivity index (χ4n) is 5.19. The molecule has 5 rings (SSSR count). The van der Waals surface area contributed by atoms with Crippen LogP contribution in [0.4, 0.5) is 0 Å². The van der Waals surface area contributed by atoms with Crippen molar-refractivity contribution in [2.75, 3.05) is 13.2 Å². The Bertz CT molecular complexity index is 1380. The van der Waals surface area contributed by atoms with Gasteiger partial charge in [0.15, 0.2) is 6.61 Å². The first kappa shape index (κ1) is 23.9. The molecule has 1 aliphatic heterocycles. The molecule has 5 nitrogen and oxygen atoms in total. The van der Waals surface area contributed by atoms with Gasteiger partial charge in [-0.3, -0.25) is 0 Å². The molecular formula is C31H31NO4. The summed E-state index contributed by atoms with van der Waals surface area (Å²) in [6.45, 7) is 4.56. The number of para-hydroxylation sites is 1. The number of hydrogen-bond acceptors (Lipinski definition) is 4. The number of hydrogen-bond donors (Lipinski definition) is 2. The Kier molecular flexibility index (Phi) is 6.92. The maximum atomic E-state index is 11.0. The van der Waals surface area contributed by atoms with Gasteiger partial charge in [-0.05, 0) is 65.9 Å². The van der Waals surface area contributed by atoms with E-state index in [0.717, 1.165) is 28.9 Å². The van der Waals surface area contributed by atoms with E-state index < -0.39 is 5.97 Å². The van der Waals surface area contributed by atoms with E-state index in [2.05, 4.69) is 66.8 Å². The predicted octanol–water partition coefficient (Wildman–Crippen LogP) is 6.25. The van der Waals surface area contributed by atoms with Crippen molar-refractivity contribution in [2.45, 2.75) is 38.3 Å². The molecule has 0 saturated heterocycles. The minimum atomic E-state index is -0.985. The molecule has 0 bridgehead atoms. The van der Waals surface area contributed by atoms with Gasteiger partial charge >= 0.3 is 5.97 Å². The third-order valence-corrected chi connectivity index (χ3v) is 6.87. The molecule has 3 atom stereocenters. The number of carboxylic acids is 1. The number of nitrogens with one attached hydrogen (secondary N) is 1. The number of aliphatic carboxylic acids is 1. The van der Waals surface area contributed by atoms with Gasteiger partial charge in [0.25, 0.3) is 0 Å². The summed E-state index contributed by atoms with van der Waals surface area (Å²) in [5, 5.41) is 15.2. The SMILES string of the molecule is Cc1cc(OCC(=O)O)cc([C@@H]2C[C@H](CN[C@H](C)c3cccc4ccccc34)Oc3ccccc32)c1. The summed E-state index contributed by atoms with van der Waals surface area (Å²) >= 11 is 0. The summed E-state index contributed by atoms with van der Waals surface area (Å²) in [5.74, 6) is 0.617. The van der Waals surface area contributed by atoms with Gasteiger partial charge in [-0.2, -0.15) is 0 Å². The van der Waals surface area contributed by atoms with E-state index in [0.29, 0.717) is 12.3 Å². The van der Waals surface area contributed by atoms with Crippen molar-refractivity contribution in [3.63, 3.8) is 0 Å². The maximum absolute atomic E-state index is 11.0. The van der Waals surface area contributed by atoms with Crippen LogP contribution in [0.1, 0.15) is 47.6 Å². The minimum absolute atomic E-state index is 0.00812. The van der Waals surface area contributed by atoms with Gasteiger partial charge in [0.05, 0.1) is 0 Å². The van der Waals surface area contributed by atoms with E-state index >= 15 is 0 Å². The topological polar surface area (TPSA) is 67.8 Å². The largest absolute Gasteiger partial charge is 0.489 e. The lowest BCUT2D eigenvalue weighted by molar-refractivity contribution is -0.139. The van der Waals surface area contributed by atoms with Crippen LogP contribution in [0.25, 0.3) is 10.8 Å². The van der Waals surface area contributed by atoms with Crippen molar-refractivity contribution < 1.29 is 19.4 Å². The zero-order valence-electron chi connectivity index (χ0n) is 20.6. The van der Waals surface area contributed by atoms with E-state index in [-0.39, 0.29) is 24.7 Å². The van der Waals surface area contributed by atoms with Gasteiger partial charge in [-0.15, -0.1) is 0 Å². The molecule has 0 fully saturated rings. The average Bonchev–Trinajstić information content (AvgIpc) is 2.89. The second-order valence-corrected chi connectivity index (χ2v) is 9.53. The second kappa shape index (κ2) is 10.4. The van der Waals surface area contributed by atoms with Gasteiger partial charge in [0.1, 0.15) is 17.6 Å². The van der Waals surface area contributed by atoms with Crippen molar-refractivity contribution in [1.82, 2.24) is 5.32 Å². The Morgan fingerprint density at radius 3 is 2.69 bits per heavy atom. The first-order valence-corrected chi connectivity index (χ1v) is 12.4. The Hall–Kier alpha value is -3.83. The van der Waals surface area contributed by atoms with Crippen LogP contribution in [-0.4, -0.2) is 30.3 Å². The highest BCUT2D eigenvalue weighted by Crippen LogP contribution is 2.41. The fourth-order valence-corrected chi connectivity index (χ4v) is 5.19. The first-order valence-electron chi connectivity index (χ1n) is 12.4. The van der Waals surface area contributed by atoms with Crippen LogP contribution in [0.2, 0.25) is 0 Å². The lowest BCUT2D eigenvalue weighted by Crippen LogP contribution is -2.37. The van der Waals surface area contributed by atoms with Gasteiger partial charge in [-0.1, -0.05) is 66.7 Å². The molecule has 0 saturated carbocycles. The molecular weight excluding hydrogens is 450 g/mol. The number of fused-ring (bicyclic) bond motifs is 2. The molecule has 0 aromatic heterocycles. The van der Waals surface area contributed by atoms with Crippen LogP contribution in [0.15, 0.2) is 84.9 Å². The summed E-state index contributed by atoms with van der Waals surface area (Å²) in [7, 11) is 0. The molecule has 2 N–H and O–H groups in total. The number of rotatable bonds is 8. The predicted molar refractivity (Wildman–Crippen MR) is 142 cm³/mol. The molecule has 0 aliphatic carbocycles. The van der Waals surface area contributed by atoms with Gasteiger partial charge in [-0.25, -0.2) is 4.79 Å². The van der Waals surface area contributed by atoms with E-state index in [1.165, 1.54) is 16.3 Å². The lowest BCUT2D eigenvalue weighted by atomic mass is 9.83. The molecule has 1 aliphatic rings. The number of benzene rings is 4. The maximum Gasteiger partial charge on any atom is 0.341 e. The Labute approximate surface area is 211 Å². The fraction of sp³-hybridized carbons (Fsp3) is 0.258. The summed E-state index contributed by atoms with van der Waals surface area (Å²) in [4.78, 5) is 11.0. The van der Waals surface area contributed by atoms with E-state index in [9.17, 15) is 4.79 Å². The van der Waals surface area contributed by atoms with Gasteiger partial charge in [0, 0.05) is 24.1 Å². The molecule has 184 valence electrons. The summed E-state index contributed by atoms with van der Waals surface area (Å²) in [5.41, 5.74) is 4.57. The summed E-state index contributed by atoms with van der Waals surface area (Å²) < 4.78 is 11.9. The molecule has 5 heteroatoms. The Morgan fingerprint density at radius 2 is 1.83 bits per heavy atom. The van der Waals surface area contributed by atoms with Crippen LogP contribution in [0, 0.1) is 6.92 Å². The molecule has 4 aromatic rings. The number of aryl methyl sites for hydroxylation is 1. The van der Waals surface area contributed by atoms with Crippen LogP contribution in [0.5, 0.6) is 11.5 Å². The molecule has 0 spiro atoms. The monoisotopic (exact) mass is 481 g/mol. The minimum Gasteiger partial charge on any atom is -0.489 e. The number of ether oxygens (including phenoxy) is 2. The highest BCUT2D eigenvalue weighted by molar-refractivity contribution is 5.86. The first-order chi connectivity index (χ1) is 17.5. The third-order valence-electron chi connectivity index (χ3n) is 6.87. The number of carbonyl (C=O) groups is 1. The van der Waals surface area contributed by atoms with E-state index in [4.69, 9.17) is 14.6 Å². The smallest absolute Gasteiger partial charge is 0.341 e. The molecule has 36 heavy (non-hydrogen) atoms. The Morgan fingerprint density at radius 1 is 1.06 bits per heavy atom. The molecule has 4 aromatic carbocycles. The van der Waals surface area contributed by atoms with Crippen LogP contribution in [-0.2, 0) is 4.79 Å². The second-order valence-electron chi connectivity index (χ2n) is 9.53. The van der Waals surface area contributed by atoms with Crippen molar-refractivity contribution in [2.24, 2.45) is 0 Å². The van der Waals surface area contributed by atoms with Crippen LogP contribution < -0.4 is 14.8 Å². The number of carboxylic acid groups (broad SMARTS) is 1. The summed E-state index contributed by atoms with van der Waals surface area (Å²) in [6.07, 6.45) is 0.805. The highest BCUT2D eigenvalue weighted by Gasteiger charge is 2.30. The van der Waals surface area contributed by atoms with Crippen molar-refractivity contribution in [3.05, 3.63) is 107 Å². The van der Waals surface area contributed by atoms with E-state index in [1.807, 2.05) is 37.3 Å². The van der Waals surface area contributed by atoms with Crippen LogP contribution in [0.3, 0.4) is 0 Å². The summed E-state index contributed by atoms with van der Waals surface area (Å²) in [6, 6.07) is 29.3. The van der Waals surface area contributed by atoms with Gasteiger partial charge in [0.2, 0.25) is 0 Å². The molecule has 0 amide bonds. The molecule has 0 radical (unpaired) electrons. The van der Waals surface area contributed by atoms with Crippen molar-refractivity contribution in [1.29, 1.82) is 0 Å². The lowest BCUT2D eigenvalue weighted by Gasteiger charge is -2.33. The van der Waals surface area contributed by atoms with Crippen LogP contribution >= 0.6 is 0 Å². The van der Waals surface area contributed by atoms with Crippen molar-refractivity contribution in [3.8, 4) is 11.5 Å². The molecule has 1 heterocycles. The highest BCUT2D eigenvalue weighted by atomic mass is 16.5. The normalized spacial score (nSPS) is 17.7.